The Morgan fingerprint density at radius 1 is 1.13 bits per heavy atom. The lowest BCUT2D eigenvalue weighted by Crippen LogP contribution is -3.15. The summed E-state index contributed by atoms with van der Waals surface area (Å²) in [5.41, 5.74) is 4.83. The molecule has 30 heavy (non-hydrogen) atoms. The van der Waals surface area contributed by atoms with Gasteiger partial charge in [0.05, 0.1) is 26.2 Å². The van der Waals surface area contributed by atoms with Gasteiger partial charge in [0.2, 0.25) is 11.7 Å². The van der Waals surface area contributed by atoms with Crippen molar-refractivity contribution in [2.45, 2.75) is 52.5 Å². The summed E-state index contributed by atoms with van der Waals surface area (Å²) in [6, 6.07) is 3.94. The summed E-state index contributed by atoms with van der Waals surface area (Å²) in [4.78, 5) is 25.3. The van der Waals surface area contributed by atoms with Crippen molar-refractivity contribution in [1.29, 1.82) is 0 Å². The number of carbonyl (C=O) groups excluding carboxylic acids is 1. The van der Waals surface area contributed by atoms with Crippen LogP contribution in [0.4, 0.5) is 5.95 Å². The van der Waals surface area contributed by atoms with Crippen LogP contribution in [0.3, 0.4) is 0 Å². The average molecular weight is 409 g/mol. The molecule has 0 spiro atoms. The molecule has 1 fully saturated rings. The maximum Gasteiger partial charge on any atom is 0.225 e. The normalized spacial score (nSPS) is 17.8. The van der Waals surface area contributed by atoms with E-state index >= 15 is 0 Å². The molecule has 160 valence electrons. The minimum Gasteiger partial charge on any atom is -0.348 e. The van der Waals surface area contributed by atoms with Gasteiger partial charge in [-0.1, -0.05) is 11.6 Å². The molecule has 0 unspecified atom stereocenters. The first kappa shape index (κ1) is 20.8. The van der Waals surface area contributed by atoms with Crippen LogP contribution >= 0.6 is 0 Å². The topological polar surface area (TPSA) is 55.5 Å². The number of aromatic nitrogens is 3. The Kier molecular flexibility index (Phi) is 6.62. The van der Waals surface area contributed by atoms with E-state index in [1.165, 1.54) is 36.3 Å². The molecule has 0 atom stereocenters. The van der Waals surface area contributed by atoms with Gasteiger partial charge in [-0.15, -0.1) is 0 Å². The molecule has 6 heteroatoms. The predicted molar refractivity (Wildman–Crippen MR) is 119 cm³/mol. The number of hydrogen-bond donors (Lipinski definition) is 1. The van der Waals surface area contributed by atoms with E-state index in [1.54, 1.807) is 18.0 Å². The summed E-state index contributed by atoms with van der Waals surface area (Å²) in [6.45, 7) is 9.45. The van der Waals surface area contributed by atoms with Gasteiger partial charge in [0.25, 0.3) is 0 Å². The van der Waals surface area contributed by atoms with Gasteiger partial charge in [-0.2, -0.15) is 0 Å². The quantitative estimate of drug-likeness (QED) is 0.565. The van der Waals surface area contributed by atoms with Crippen LogP contribution < -0.4 is 9.80 Å². The first-order valence-electron chi connectivity index (χ1n) is 11.3. The Balaban J connectivity index is 1.33. The van der Waals surface area contributed by atoms with Gasteiger partial charge >= 0.3 is 0 Å². The molecular formula is C24H34N5O+. The number of allylic oxidation sites excluding steroid dienone is 2. The van der Waals surface area contributed by atoms with Crippen molar-refractivity contribution in [3.8, 4) is 0 Å². The van der Waals surface area contributed by atoms with Gasteiger partial charge in [0.1, 0.15) is 6.54 Å². The second-order valence-electron chi connectivity index (χ2n) is 8.68. The van der Waals surface area contributed by atoms with E-state index < -0.39 is 0 Å². The number of hydrogen-bond acceptors (Lipinski definition) is 4. The van der Waals surface area contributed by atoms with Crippen LogP contribution in [0.2, 0.25) is 0 Å². The van der Waals surface area contributed by atoms with Crippen molar-refractivity contribution < 1.29 is 9.69 Å². The summed E-state index contributed by atoms with van der Waals surface area (Å²) >= 11 is 0. The van der Waals surface area contributed by atoms with Crippen LogP contribution in [-0.2, 0) is 6.54 Å². The lowest BCUT2D eigenvalue weighted by molar-refractivity contribution is -0.892. The molecule has 1 saturated heterocycles. The highest BCUT2D eigenvalue weighted by molar-refractivity contribution is 5.98. The molecular weight excluding hydrogens is 374 g/mol. The van der Waals surface area contributed by atoms with E-state index in [1.807, 2.05) is 6.07 Å². The highest BCUT2D eigenvalue weighted by Gasteiger charge is 2.25. The SMILES string of the molecule is Cc1cc(C(=O)C[NH+]2CCN(c3ncccn3)CC2)c(C)n1CCC1=CCCCC1. The Hall–Kier alpha value is -2.47. The summed E-state index contributed by atoms with van der Waals surface area (Å²) in [6.07, 6.45) is 12.2. The van der Waals surface area contributed by atoms with Gasteiger partial charge in [0, 0.05) is 35.9 Å². The molecule has 0 aromatic carbocycles. The van der Waals surface area contributed by atoms with Crippen molar-refractivity contribution in [3.05, 3.63) is 53.1 Å². The molecule has 0 amide bonds. The Morgan fingerprint density at radius 2 is 1.90 bits per heavy atom. The fourth-order valence-electron chi connectivity index (χ4n) is 4.79. The van der Waals surface area contributed by atoms with Crippen LogP contribution in [0, 0.1) is 13.8 Å². The molecule has 1 N–H and O–H groups in total. The number of piperazine rings is 1. The van der Waals surface area contributed by atoms with E-state index in [2.05, 4.69) is 45.4 Å². The van der Waals surface area contributed by atoms with Crippen LogP contribution in [0.5, 0.6) is 0 Å². The number of nitrogens with zero attached hydrogens (tertiary/aromatic N) is 4. The molecule has 3 heterocycles. The fourth-order valence-corrected chi connectivity index (χ4v) is 4.79. The van der Waals surface area contributed by atoms with E-state index in [4.69, 9.17) is 0 Å². The van der Waals surface area contributed by atoms with Crippen molar-refractivity contribution >= 4 is 11.7 Å². The zero-order chi connectivity index (χ0) is 20.9. The number of nitrogens with one attached hydrogen (secondary N) is 1. The molecule has 2 aliphatic rings. The van der Waals surface area contributed by atoms with Crippen LogP contribution in [0.25, 0.3) is 0 Å². The molecule has 0 radical (unpaired) electrons. The third-order valence-electron chi connectivity index (χ3n) is 6.63. The highest BCUT2D eigenvalue weighted by atomic mass is 16.1. The maximum atomic E-state index is 13.1. The van der Waals surface area contributed by atoms with Gasteiger partial charge in [0.15, 0.2) is 0 Å². The summed E-state index contributed by atoms with van der Waals surface area (Å²) < 4.78 is 2.34. The molecule has 2 aromatic rings. The fraction of sp³-hybridized carbons (Fsp3) is 0.542. The third kappa shape index (κ3) is 4.81. The standard InChI is InChI=1S/C24H33N5O/c1-19-17-22(20(2)29(19)12-9-21-7-4-3-5-8-21)23(30)18-27-13-15-28(16-14-27)24-25-10-6-11-26-24/h6-7,10-11,17H,3-5,8-9,12-16,18H2,1-2H3/p+1. The average Bonchev–Trinajstić information content (AvgIpc) is 3.07. The van der Waals surface area contributed by atoms with Crippen molar-refractivity contribution in [2.75, 3.05) is 37.6 Å². The number of rotatable bonds is 7. The van der Waals surface area contributed by atoms with E-state index in [0.29, 0.717) is 6.54 Å². The molecule has 1 aliphatic heterocycles. The first-order chi connectivity index (χ1) is 14.6. The van der Waals surface area contributed by atoms with Crippen molar-refractivity contribution in [1.82, 2.24) is 14.5 Å². The van der Waals surface area contributed by atoms with Gasteiger partial charge in [-0.3, -0.25) is 4.79 Å². The van der Waals surface area contributed by atoms with Crippen LogP contribution in [-0.4, -0.2) is 53.0 Å². The summed E-state index contributed by atoms with van der Waals surface area (Å²) in [7, 11) is 0. The highest BCUT2D eigenvalue weighted by Crippen LogP contribution is 2.23. The lowest BCUT2D eigenvalue weighted by Gasteiger charge is -2.31. The second kappa shape index (κ2) is 9.56. The summed E-state index contributed by atoms with van der Waals surface area (Å²) in [5, 5.41) is 0. The predicted octanol–water partition coefficient (Wildman–Crippen LogP) is 2.37. The lowest BCUT2D eigenvalue weighted by atomic mass is 9.97. The smallest absolute Gasteiger partial charge is 0.225 e. The van der Waals surface area contributed by atoms with Gasteiger partial charge < -0.3 is 14.4 Å². The molecule has 0 bridgehead atoms. The van der Waals surface area contributed by atoms with Crippen molar-refractivity contribution in [2.24, 2.45) is 0 Å². The number of quaternary nitrogens is 1. The summed E-state index contributed by atoms with van der Waals surface area (Å²) in [5.74, 6) is 1.06. The van der Waals surface area contributed by atoms with Crippen LogP contribution in [0.15, 0.2) is 36.2 Å². The number of anilines is 1. The zero-order valence-corrected chi connectivity index (χ0v) is 18.4. The number of Topliss-reactive ketones (excluding diaryl/α,β-unsaturated/α-hetero) is 1. The largest absolute Gasteiger partial charge is 0.348 e. The number of ketones is 1. The molecule has 0 saturated carbocycles. The second-order valence-corrected chi connectivity index (χ2v) is 8.68. The molecule has 4 rings (SSSR count). The van der Waals surface area contributed by atoms with Crippen molar-refractivity contribution in [3.63, 3.8) is 0 Å². The zero-order valence-electron chi connectivity index (χ0n) is 18.4. The third-order valence-corrected chi connectivity index (χ3v) is 6.63. The van der Waals surface area contributed by atoms with E-state index in [9.17, 15) is 4.79 Å². The maximum absolute atomic E-state index is 13.1. The molecule has 6 nitrogen and oxygen atoms in total. The van der Waals surface area contributed by atoms with Crippen LogP contribution in [0.1, 0.15) is 53.8 Å². The molecule has 1 aliphatic carbocycles. The minimum absolute atomic E-state index is 0.269. The van der Waals surface area contributed by atoms with Gasteiger partial charge in [-0.25, -0.2) is 9.97 Å². The number of aryl methyl sites for hydroxylation is 1. The van der Waals surface area contributed by atoms with Gasteiger partial charge in [-0.05, 0) is 58.1 Å². The first-order valence-corrected chi connectivity index (χ1v) is 11.3. The minimum atomic E-state index is 0.269. The monoisotopic (exact) mass is 408 g/mol. The number of carbonyl (C=O) groups is 1. The Morgan fingerprint density at radius 3 is 2.60 bits per heavy atom. The van der Waals surface area contributed by atoms with E-state index in [-0.39, 0.29) is 5.78 Å². The molecule has 2 aromatic heterocycles. The Bertz CT molecular complexity index is 894. The van der Waals surface area contributed by atoms with E-state index in [0.717, 1.165) is 56.4 Å². The Labute approximate surface area is 179 Å².